The molecule has 0 aliphatic carbocycles. The quantitative estimate of drug-likeness (QED) is 0.535. The minimum Gasteiger partial charge on any atom is -1.00 e. The second-order valence-corrected chi connectivity index (χ2v) is 7.51. The highest BCUT2D eigenvalue weighted by Crippen LogP contribution is 2.30. The van der Waals surface area contributed by atoms with Gasteiger partial charge in [0.05, 0.1) is 32.9 Å². The molecule has 1 fully saturated rings. The molecule has 0 N–H and O–H groups in total. The smallest absolute Gasteiger partial charge is 0.147 e. The Hall–Kier alpha value is 0.200. The molecule has 0 aromatic rings. The molecule has 0 saturated carbocycles. The topological polar surface area (TPSA) is 34.1 Å². The molecule has 1 aliphatic heterocycles. The fraction of sp³-hybridized carbons (Fsp3) is 1.00. The van der Waals surface area contributed by atoms with Gasteiger partial charge < -0.3 is 16.9 Å². The minimum absolute atomic E-state index is 0. The predicted octanol–water partition coefficient (Wildman–Crippen LogP) is -2.23. The van der Waals surface area contributed by atoms with Crippen LogP contribution in [0.4, 0.5) is 0 Å². The van der Waals surface area contributed by atoms with Crippen LogP contribution in [0, 0.1) is 11.8 Å². The van der Waals surface area contributed by atoms with Crippen molar-refractivity contribution < 1.29 is 25.3 Å². The molecule has 0 amide bonds. The number of rotatable bonds is 3. The number of sulfone groups is 1. The fourth-order valence-corrected chi connectivity index (χ4v) is 3.84. The van der Waals surface area contributed by atoms with Gasteiger partial charge in [-0.3, -0.25) is 0 Å². The number of halogens is 1. The van der Waals surface area contributed by atoms with E-state index < -0.39 is 9.84 Å². The largest absolute Gasteiger partial charge is 1.00 e. The van der Waals surface area contributed by atoms with Gasteiger partial charge in [0.25, 0.3) is 0 Å². The van der Waals surface area contributed by atoms with Crippen molar-refractivity contribution in [2.45, 2.75) is 13.3 Å². The zero-order valence-electron chi connectivity index (χ0n) is 10.0. The van der Waals surface area contributed by atoms with Gasteiger partial charge in [-0.05, 0) is 6.42 Å². The number of hydrogen-bond acceptors (Lipinski definition) is 2. The maximum absolute atomic E-state index is 11.3. The molecule has 1 heterocycles. The Balaban J connectivity index is 0.00000196. The van der Waals surface area contributed by atoms with Crippen LogP contribution in [0.3, 0.4) is 0 Å². The Morgan fingerprint density at radius 1 is 1.20 bits per heavy atom. The summed E-state index contributed by atoms with van der Waals surface area (Å²) in [7, 11) is 1.56. The zero-order valence-corrected chi connectivity index (χ0v) is 11.6. The molecule has 1 saturated heterocycles. The third-order valence-electron chi connectivity index (χ3n) is 3.17. The highest BCUT2D eigenvalue weighted by molar-refractivity contribution is 7.90. The van der Waals surface area contributed by atoms with E-state index in [4.69, 9.17) is 0 Å². The molecule has 1 rings (SSSR count). The minimum atomic E-state index is -2.81. The van der Waals surface area contributed by atoms with Crippen molar-refractivity contribution in [2.75, 3.05) is 39.2 Å². The molecule has 0 radical (unpaired) electrons. The first kappa shape index (κ1) is 15.2. The van der Waals surface area contributed by atoms with Crippen molar-refractivity contribution in [1.82, 2.24) is 0 Å². The van der Waals surface area contributed by atoms with Gasteiger partial charge in [-0.1, -0.05) is 6.92 Å². The molecule has 0 bridgehead atoms. The Bertz CT molecular complexity index is 301. The molecule has 0 spiro atoms. The van der Waals surface area contributed by atoms with E-state index in [2.05, 4.69) is 21.0 Å². The lowest BCUT2D eigenvalue weighted by Gasteiger charge is -2.23. The Kier molecular flexibility index (Phi) is 5.09. The van der Waals surface area contributed by atoms with E-state index in [1.807, 2.05) is 0 Å². The molecule has 2 atom stereocenters. The number of quaternary nitrogens is 1. The lowest BCUT2D eigenvalue weighted by molar-refractivity contribution is -0.880. The molecule has 1 aliphatic rings. The Labute approximate surface area is 99.8 Å². The average Bonchev–Trinajstić information content (AvgIpc) is 2.21. The third-order valence-corrected chi connectivity index (χ3v) is 4.20. The van der Waals surface area contributed by atoms with Gasteiger partial charge in [-0.15, -0.1) is 0 Å². The van der Waals surface area contributed by atoms with E-state index in [9.17, 15) is 8.42 Å². The summed E-state index contributed by atoms with van der Waals surface area (Å²) in [5, 5.41) is 0. The summed E-state index contributed by atoms with van der Waals surface area (Å²) in [6.07, 6.45) is 2.44. The lowest BCUT2D eigenvalue weighted by atomic mass is 9.96. The third kappa shape index (κ3) is 4.70. The Morgan fingerprint density at radius 2 is 1.67 bits per heavy atom. The van der Waals surface area contributed by atoms with Gasteiger partial charge in [0.15, 0.2) is 0 Å². The first-order valence-corrected chi connectivity index (χ1v) is 7.29. The molecular formula is C10H22ClNO2S. The van der Waals surface area contributed by atoms with Crippen LogP contribution in [0.1, 0.15) is 13.3 Å². The lowest BCUT2D eigenvalue weighted by Crippen LogP contribution is -3.00. The summed E-state index contributed by atoms with van der Waals surface area (Å²) in [6.45, 7) is 4.29. The molecule has 3 nitrogen and oxygen atoms in total. The molecular weight excluding hydrogens is 234 g/mol. The molecule has 0 aromatic carbocycles. The van der Waals surface area contributed by atoms with Crippen molar-refractivity contribution in [1.29, 1.82) is 0 Å². The zero-order chi connectivity index (χ0) is 11.0. The first-order valence-electron chi connectivity index (χ1n) is 5.23. The van der Waals surface area contributed by atoms with E-state index in [-0.39, 0.29) is 12.4 Å². The van der Waals surface area contributed by atoms with Gasteiger partial charge in [0, 0.05) is 18.1 Å². The van der Waals surface area contributed by atoms with E-state index >= 15 is 0 Å². The Morgan fingerprint density at radius 3 is 2.07 bits per heavy atom. The van der Waals surface area contributed by atoms with Crippen molar-refractivity contribution in [3.05, 3.63) is 0 Å². The number of hydrogen-bond donors (Lipinski definition) is 0. The molecule has 15 heavy (non-hydrogen) atoms. The van der Waals surface area contributed by atoms with Gasteiger partial charge in [-0.2, -0.15) is 0 Å². The fourth-order valence-electron chi connectivity index (χ4n) is 2.68. The predicted molar refractivity (Wildman–Crippen MR) is 58.8 cm³/mol. The van der Waals surface area contributed by atoms with Crippen LogP contribution in [0.2, 0.25) is 0 Å². The van der Waals surface area contributed by atoms with Crippen LogP contribution in [0.25, 0.3) is 0 Å². The molecule has 5 heteroatoms. The van der Waals surface area contributed by atoms with E-state index in [1.54, 1.807) is 0 Å². The van der Waals surface area contributed by atoms with E-state index in [0.29, 0.717) is 17.6 Å². The van der Waals surface area contributed by atoms with Crippen LogP contribution >= 0.6 is 0 Å². The molecule has 92 valence electrons. The second-order valence-electron chi connectivity index (χ2n) is 5.32. The summed E-state index contributed by atoms with van der Waals surface area (Å²) in [4.78, 5) is 0. The standard InChI is InChI=1S/C10H22NO2S.ClH/c1-5-9-6-11(2,3)7-10(9)8-14(4,12)13;/h9-10H,5-8H2,1-4H3;1H/q+1;/p-1. The SMILES string of the molecule is CCC1C[N+](C)(C)CC1CS(C)(=O)=O.[Cl-]. The maximum atomic E-state index is 11.3. The van der Waals surface area contributed by atoms with Crippen LogP contribution in [-0.4, -0.2) is 52.1 Å². The van der Waals surface area contributed by atoms with Crippen molar-refractivity contribution in [3.8, 4) is 0 Å². The van der Waals surface area contributed by atoms with Crippen LogP contribution in [0.15, 0.2) is 0 Å². The normalized spacial score (nSPS) is 29.9. The van der Waals surface area contributed by atoms with Gasteiger partial charge in [-0.25, -0.2) is 8.42 Å². The van der Waals surface area contributed by atoms with Crippen LogP contribution in [-0.2, 0) is 9.84 Å². The van der Waals surface area contributed by atoms with Crippen molar-refractivity contribution in [3.63, 3.8) is 0 Å². The average molecular weight is 256 g/mol. The summed E-state index contributed by atoms with van der Waals surface area (Å²) in [6, 6.07) is 0. The summed E-state index contributed by atoms with van der Waals surface area (Å²) >= 11 is 0. The van der Waals surface area contributed by atoms with Gasteiger partial charge >= 0.3 is 0 Å². The van der Waals surface area contributed by atoms with Gasteiger partial charge in [0.2, 0.25) is 0 Å². The van der Waals surface area contributed by atoms with Gasteiger partial charge in [0.1, 0.15) is 9.84 Å². The number of likely N-dealkylation sites (tertiary alicyclic amines) is 1. The molecule has 2 unspecified atom stereocenters. The van der Waals surface area contributed by atoms with Crippen LogP contribution < -0.4 is 12.4 Å². The monoisotopic (exact) mass is 255 g/mol. The maximum Gasteiger partial charge on any atom is 0.147 e. The summed E-state index contributed by atoms with van der Waals surface area (Å²) < 4.78 is 23.5. The second kappa shape index (κ2) is 5.02. The first-order chi connectivity index (χ1) is 6.23. The van der Waals surface area contributed by atoms with E-state index in [1.165, 1.54) is 6.26 Å². The van der Waals surface area contributed by atoms with Crippen molar-refractivity contribution >= 4 is 9.84 Å². The number of nitrogens with zero attached hydrogens (tertiary/aromatic N) is 1. The summed E-state index contributed by atoms with van der Waals surface area (Å²) in [5.41, 5.74) is 0. The molecule has 0 aromatic heterocycles. The van der Waals surface area contributed by atoms with E-state index in [0.717, 1.165) is 24.0 Å². The van der Waals surface area contributed by atoms with Crippen molar-refractivity contribution in [2.24, 2.45) is 11.8 Å². The highest BCUT2D eigenvalue weighted by Gasteiger charge is 2.40. The van der Waals surface area contributed by atoms with Crippen LogP contribution in [0.5, 0.6) is 0 Å². The summed E-state index contributed by atoms with van der Waals surface area (Å²) in [5.74, 6) is 1.32. The highest BCUT2D eigenvalue weighted by atomic mass is 35.5.